The predicted molar refractivity (Wildman–Crippen MR) is 130 cm³/mol. The van der Waals surface area contributed by atoms with E-state index in [4.69, 9.17) is 12.2 Å². The van der Waals surface area contributed by atoms with Gasteiger partial charge in [-0.25, -0.2) is 0 Å². The summed E-state index contributed by atoms with van der Waals surface area (Å²) in [5, 5.41) is 2.73. The lowest BCUT2D eigenvalue weighted by molar-refractivity contribution is -0.122. The first-order valence-electron chi connectivity index (χ1n) is 10.1. The summed E-state index contributed by atoms with van der Waals surface area (Å²) in [5.74, 6) is -0.914. The molecule has 1 N–H and O–H groups in total. The molecule has 2 aliphatic rings. The molecule has 31 heavy (non-hydrogen) atoms. The Kier molecular flexibility index (Phi) is 5.06. The predicted octanol–water partition coefficient (Wildman–Crippen LogP) is 4.46. The molecular formula is C25H25N3O2S. The number of amides is 2. The van der Waals surface area contributed by atoms with Crippen molar-refractivity contribution in [3.8, 4) is 0 Å². The second kappa shape index (κ2) is 7.46. The molecule has 0 aliphatic carbocycles. The first kappa shape index (κ1) is 21.0. The Morgan fingerprint density at radius 2 is 1.71 bits per heavy atom. The van der Waals surface area contributed by atoms with Crippen molar-refractivity contribution in [2.75, 3.05) is 16.8 Å². The van der Waals surface area contributed by atoms with E-state index in [1.54, 1.807) is 6.08 Å². The van der Waals surface area contributed by atoms with Crippen LogP contribution in [0.2, 0.25) is 0 Å². The molecule has 2 aliphatic heterocycles. The number of hydrogen-bond acceptors (Lipinski definition) is 4. The van der Waals surface area contributed by atoms with Gasteiger partial charge in [-0.15, -0.1) is 0 Å². The van der Waals surface area contributed by atoms with Gasteiger partial charge in [-0.2, -0.15) is 0 Å². The van der Waals surface area contributed by atoms with Crippen LogP contribution in [0.3, 0.4) is 0 Å². The van der Waals surface area contributed by atoms with Crippen LogP contribution in [0, 0.1) is 6.92 Å². The highest BCUT2D eigenvalue weighted by atomic mass is 32.1. The zero-order chi connectivity index (χ0) is 22.5. The lowest BCUT2D eigenvalue weighted by atomic mass is 9.88. The average molecular weight is 432 g/mol. The van der Waals surface area contributed by atoms with Gasteiger partial charge in [0.15, 0.2) is 5.11 Å². The smallest absolute Gasteiger partial charge is 0.270 e. The van der Waals surface area contributed by atoms with Crippen molar-refractivity contribution in [1.82, 2.24) is 5.32 Å². The fourth-order valence-corrected chi connectivity index (χ4v) is 4.30. The highest BCUT2D eigenvalue weighted by Gasteiger charge is 2.34. The van der Waals surface area contributed by atoms with E-state index in [9.17, 15) is 9.59 Å². The van der Waals surface area contributed by atoms with Crippen molar-refractivity contribution in [3.05, 3.63) is 70.8 Å². The van der Waals surface area contributed by atoms with Gasteiger partial charge in [-0.3, -0.25) is 19.8 Å². The average Bonchev–Trinajstić information content (AvgIpc) is 2.70. The van der Waals surface area contributed by atoms with E-state index in [1.165, 1.54) is 10.5 Å². The molecule has 0 atom stereocenters. The number of hydrogen-bond donors (Lipinski definition) is 1. The van der Waals surface area contributed by atoms with E-state index in [1.807, 2.05) is 49.4 Å². The van der Waals surface area contributed by atoms with Crippen LogP contribution in [-0.4, -0.2) is 29.5 Å². The Balaban J connectivity index is 1.73. The first-order valence-corrected chi connectivity index (χ1v) is 10.5. The molecule has 2 heterocycles. The summed E-state index contributed by atoms with van der Waals surface area (Å²) in [5.41, 5.74) is 5.83. The molecule has 0 aromatic heterocycles. The Bertz CT molecular complexity index is 1180. The Morgan fingerprint density at radius 3 is 2.39 bits per heavy atom. The molecule has 1 fully saturated rings. The maximum Gasteiger partial charge on any atom is 0.270 e. The lowest BCUT2D eigenvalue weighted by Gasteiger charge is -2.40. The summed E-state index contributed by atoms with van der Waals surface area (Å²) < 4.78 is 0. The molecular weight excluding hydrogens is 406 g/mol. The Morgan fingerprint density at radius 1 is 1.03 bits per heavy atom. The van der Waals surface area contributed by atoms with Crippen LogP contribution in [0.1, 0.15) is 37.5 Å². The van der Waals surface area contributed by atoms with E-state index in [-0.39, 0.29) is 16.2 Å². The molecule has 1 saturated heterocycles. The van der Waals surface area contributed by atoms with Crippen molar-refractivity contribution in [1.29, 1.82) is 0 Å². The SMILES string of the molecule is CC1=CC(C)(C)N(C)c2ccc(/C=C3/C(=O)NC(=S)N(c4ccc(C)cc4)C3=O)cc21. The van der Waals surface area contributed by atoms with Crippen LogP contribution >= 0.6 is 12.2 Å². The van der Waals surface area contributed by atoms with Crippen molar-refractivity contribution < 1.29 is 9.59 Å². The van der Waals surface area contributed by atoms with E-state index < -0.39 is 11.8 Å². The van der Waals surface area contributed by atoms with Gasteiger partial charge in [0.1, 0.15) is 5.57 Å². The van der Waals surface area contributed by atoms with Crippen LogP contribution in [0.4, 0.5) is 11.4 Å². The Hall–Kier alpha value is -3.25. The number of fused-ring (bicyclic) bond motifs is 1. The Labute approximate surface area is 188 Å². The number of thiocarbonyl (C=S) groups is 1. The maximum atomic E-state index is 13.2. The minimum atomic E-state index is -0.485. The number of anilines is 2. The number of aryl methyl sites for hydroxylation is 1. The van der Waals surface area contributed by atoms with Crippen molar-refractivity contribution in [2.45, 2.75) is 33.2 Å². The summed E-state index contributed by atoms with van der Waals surface area (Å²) in [7, 11) is 2.07. The number of rotatable bonds is 2. The highest BCUT2D eigenvalue weighted by Crippen LogP contribution is 2.38. The highest BCUT2D eigenvalue weighted by molar-refractivity contribution is 7.80. The van der Waals surface area contributed by atoms with Gasteiger partial charge in [0.25, 0.3) is 11.8 Å². The monoisotopic (exact) mass is 431 g/mol. The zero-order valence-corrected chi connectivity index (χ0v) is 19.1. The van der Waals surface area contributed by atoms with E-state index in [0.29, 0.717) is 5.69 Å². The second-order valence-electron chi connectivity index (χ2n) is 8.61. The third-order valence-electron chi connectivity index (χ3n) is 5.95. The van der Waals surface area contributed by atoms with E-state index >= 15 is 0 Å². The van der Waals surface area contributed by atoms with Gasteiger partial charge in [0, 0.05) is 18.3 Å². The number of allylic oxidation sites excluding steroid dienone is 1. The van der Waals surface area contributed by atoms with E-state index in [0.717, 1.165) is 22.4 Å². The molecule has 0 unspecified atom stereocenters. The molecule has 4 rings (SSSR count). The molecule has 158 valence electrons. The first-order chi connectivity index (χ1) is 14.6. The van der Waals surface area contributed by atoms with Crippen LogP contribution in [0.5, 0.6) is 0 Å². The molecule has 5 nitrogen and oxygen atoms in total. The summed E-state index contributed by atoms with van der Waals surface area (Å²) in [6.45, 7) is 8.39. The third kappa shape index (κ3) is 3.68. The summed E-state index contributed by atoms with van der Waals surface area (Å²) in [6.07, 6.45) is 3.86. The zero-order valence-electron chi connectivity index (χ0n) is 18.3. The maximum absolute atomic E-state index is 13.2. The molecule has 0 spiro atoms. The van der Waals surface area contributed by atoms with Gasteiger partial charge in [0.2, 0.25) is 0 Å². The number of carbonyl (C=O) groups is 2. The minimum absolute atomic E-state index is 0.0558. The fourth-order valence-electron chi connectivity index (χ4n) is 4.02. The van der Waals surface area contributed by atoms with Crippen LogP contribution in [-0.2, 0) is 9.59 Å². The van der Waals surface area contributed by atoms with Crippen LogP contribution < -0.4 is 15.1 Å². The third-order valence-corrected chi connectivity index (χ3v) is 6.23. The number of nitrogens with zero attached hydrogens (tertiary/aromatic N) is 2. The number of carbonyl (C=O) groups excluding carboxylic acids is 2. The van der Waals surface area contributed by atoms with Crippen LogP contribution in [0.25, 0.3) is 11.6 Å². The second-order valence-corrected chi connectivity index (χ2v) is 9.00. The van der Waals surface area contributed by atoms with Gasteiger partial charge in [-0.1, -0.05) is 29.8 Å². The van der Waals surface area contributed by atoms with Crippen molar-refractivity contribution in [2.24, 2.45) is 0 Å². The van der Waals surface area contributed by atoms with Gasteiger partial charge in [-0.05, 0) is 81.4 Å². The standard InChI is InChI=1S/C25H25N3O2S/c1-15-6-9-18(10-7-15)28-23(30)20(22(29)26-24(28)31)13-17-8-11-21-19(12-17)16(2)14-25(3,4)27(21)5/h6-14H,1-5H3,(H,26,29,31)/b20-13-. The molecule has 0 bridgehead atoms. The quantitative estimate of drug-likeness (QED) is 0.433. The molecule has 0 radical (unpaired) electrons. The summed E-state index contributed by atoms with van der Waals surface area (Å²) >= 11 is 5.28. The number of benzene rings is 2. The number of likely N-dealkylation sites (N-methyl/N-ethyl adjacent to an activating group) is 1. The molecule has 6 heteroatoms. The lowest BCUT2D eigenvalue weighted by Crippen LogP contribution is -2.54. The topological polar surface area (TPSA) is 52.7 Å². The van der Waals surface area contributed by atoms with Crippen molar-refractivity contribution >= 4 is 52.2 Å². The molecule has 0 saturated carbocycles. The number of nitrogens with one attached hydrogen (secondary N) is 1. The van der Waals surface area contributed by atoms with Crippen LogP contribution in [0.15, 0.2) is 54.1 Å². The normalized spacial score (nSPS) is 19.3. The molecule has 2 aromatic carbocycles. The minimum Gasteiger partial charge on any atom is -0.366 e. The summed E-state index contributed by atoms with van der Waals surface area (Å²) in [4.78, 5) is 29.4. The van der Waals surface area contributed by atoms with E-state index in [2.05, 4.69) is 44.1 Å². The van der Waals surface area contributed by atoms with Gasteiger partial charge >= 0.3 is 0 Å². The van der Waals surface area contributed by atoms with Gasteiger partial charge < -0.3 is 4.90 Å². The van der Waals surface area contributed by atoms with Gasteiger partial charge in [0.05, 0.1) is 11.2 Å². The fraction of sp³-hybridized carbons (Fsp3) is 0.240. The molecule has 2 amide bonds. The molecule has 2 aromatic rings. The van der Waals surface area contributed by atoms with Crippen molar-refractivity contribution in [3.63, 3.8) is 0 Å². The summed E-state index contributed by atoms with van der Waals surface area (Å²) in [6, 6.07) is 13.4. The largest absolute Gasteiger partial charge is 0.366 e.